The molecule has 0 radical (unpaired) electrons. The molecule has 2 aromatic rings. The van der Waals surface area contributed by atoms with Gasteiger partial charge in [0.05, 0.1) is 28.2 Å². The number of rotatable bonds is 7. The van der Waals surface area contributed by atoms with Crippen LogP contribution in [0.3, 0.4) is 0 Å². The second-order valence-electron chi connectivity index (χ2n) is 6.97. The first-order valence-corrected chi connectivity index (χ1v) is 11.2. The van der Waals surface area contributed by atoms with E-state index >= 15 is 0 Å². The summed E-state index contributed by atoms with van der Waals surface area (Å²) in [4.78, 5) is 23.0. The van der Waals surface area contributed by atoms with Crippen LogP contribution in [0.5, 0.6) is 5.75 Å². The summed E-state index contributed by atoms with van der Waals surface area (Å²) in [5.41, 5.74) is 0.340. The molecule has 31 heavy (non-hydrogen) atoms. The lowest BCUT2D eigenvalue weighted by Gasteiger charge is -2.26. The summed E-state index contributed by atoms with van der Waals surface area (Å²) >= 11 is 0. The second-order valence-corrected chi connectivity index (χ2v) is 8.90. The zero-order valence-corrected chi connectivity index (χ0v) is 17.8. The van der Waals surface area contributed by atoms with Gasteiger partial charge in [-0.25, -0.2) is 8.42 Å². The van der Waals surface area contributed by atoms with Crippen molar-refractivity contribution >= 4 is 33.4 Å². The third-order valence-corrected chi connectivity index (χ3v) is 6.82. The van der Waals surface area contributed by atoms with Crippen molar-refractivity contribution in [1.29, 1.82) is 0 Å². The zero-order chi connectivity index (χ0) is 22.4. The first-order valence-electron chi connectivity index (χ1n) is 9.73. The topological polar surface area (TPSA) is 119 Å². The highest BCUT2D eigenvalue weighted by atomic mass is 32.2. The minimum atomic E-state index is -3.68. The predicted molar refractivity (Wildman–Crippen MR) is 116 cm³/mol. The van der Waals surface area contributed by atoms with E-state index in [0.717, 1.165) is 25.3 Å². The molecular weight excluding hydrogens is 422 g/mol. The van der Waals surface area contributed by atoms with Crippen LogP contribution < -0.4 is 10.1 Å². The van der Waals surface area contributed by atoms with Gasteiger partial charge in [0, 0.05) is 25.2 Å². The van der Waals surface area contributed by atoms with Crippen LogP contribution in [0.25, 0.3) is 6.08 Å². The maximum absolute atomic E-state index is 12.9. The van der Waals surface area contributed by atoms with Gasteiger partial charge < -0.3 is 10.1 Å². The van der Waals surface area contributed by atoms with Crippen LogP contribution >= 0.6 is 0 Å². The summed E-state index contributed by atoms with van der Waals surface area (Å²) in [6.07, 6.45) is 5.11. The molecule has 0 aromatic heterocycles. The van der Waals surface area contributed by atoms with Crippen molar-refractivity contribution in [3.63, 3.8) is 0 Å². The van der Waals surface area contributed by atoms with Crippen LogP contribution in [-0.2, 0) is 14.8 Å². The summed E-state index contributed by atoms with van der Waals surface area (Å²) in [6, 6.07) is 10.3. The summed E-state index contributed by atoms with van der Waals surface area (Å²) in [5.74, 6) is -0.283. The lowest BCUT2D eigenvalue weighted by Crippen LogP contribution is -2.35. The molecule has 1 amide bonds. The Morgan fingerprint density at radius 1 is 1.16 bits per heavy atom. The van der Waals surface area contributed by atoms with Gasteiger partial charge in [-0.3, -0.25) is 14.9 Å². The number of amides is 1. The average Bonchev–Trinajstić information content (AvgIpc) is 2.78. The highest BCUT2D eigenvalue weighted by Gasteiger charge is 2.26. The van der Waals surface area contributed by atoms with Crippen LogP contribution in [0.1, 0.15) is 24.8 Å². The number of ether oxygens (including phenoxy) is 1. The molecule has 0 aliphatic carbocycles. The van der Waals surface area contributed by atoms with Gasteiger partial charge in [0.1, 0.15) is 5.75 Å². The minimum absolute atomic E-state index is 0.0631. The maximum atomic E-state index is 12.9. The summed E-state index contributed by atoms with van der Waals surface area (Å²) in [5, 5.41) is 13.7. The number of nitrogens with zero attached hydrogens (tertiary/aromatic N) is 2. The molecule has 2 aromatic carbocycles. The minimum Gasteiger partial charge on any atom is -0.495 e. The van der Waals surface area contributed by atoms with Gasteiger partial charge in [0.2, 0.25) is 15.9 Å². The Hall–Kier alpha value is -3.24. The van der Waals surface area contributed by atoms with Gasteiger partial charge in [-0.15, -0.1) is 0 Å². The first-order chi connectivity index (χ1) is 14.8. The summed E-state index contributed by atoms with van der Waals surface area (Å²) < 4.78 is 32.5. The number of piperidine rings is 1. The Labute approximate surface area is 180 Å². The Morgan fingerprint density at radius 3 is 2.55 bits per heavy atom. The molecule has 1 aliphatic heterocycles. The van der Waals surface area contributed by atoms with Crippen LogP contribution in [-0.4, -0.2) is 43.8 Å². The highest BCUT2D eigenvalue weighted by molar-refractivity contribution is 7.89. The van der Waals surface area contributed by atoms with Crippen molar-refractivity contribution in [2.75, 3.05) is 25.5 Å². The molecule has 1 aliphatic rings. The van der Waals surface area contributed by atoms with Crippen molar-refractivity contribution in [2.45, 2.75) is 24.2 Å². The quantitative estimate of drug-likeness (QED) is 0.396. The SMILES string of the molecule is COc1ccc(S(=O)(=O)N2CCCCC2)cc1NC(=O)C=Cc1ccccc1[N+](=O)[O-]. The number of nitro benzene ring substituents is 1. The summed E-state index contributed by atoms with van der Waals surface area (Å²) in [7, 11) is -2.27. The molecule has 1 heterocycles. The number of benzene rings is 2. The first kappa shape index (κ1) is 22.4. The second kappa shape index (κ2) is 9.71. The number of hydrogen-bond donors (Lipinski definition) is 1. The lowest BCUT2D eigenvalue weighted by molar-refractivity contribution is -0.385. The standard InChI is InChI=1S/C21H23N3O6S/c1-30-20-11-10-17(31(28,29)23-13-5-2-6-14-23)15-18(20)22-21(25)12-9-16-7-3-4-8-19(16)24(26)27/h3-4,7-12,15H,2,5-6,13-14H2,1H3,(H,22,25). The van der Waals surface area contributed by atoms with Crippen molar-refractivity contribution in [3.8, 4) is 5.75 Å². The third kappa shape index (κ3) is 5.28. The Morgan fingerprint density at radius 2 is 1.87 bits per heavy atom. The maximum Gasteiger partial charge on any atom is 0.276 e. The number of methoxy groups -OCH3 is 1. The lowest BCUT2D eigenvalue weighted by atomic mass is 10.1. The molecular formula is C21H23N3O6S. The number of hydrogen-bond acceptors (Lipinski definition) is 6. The number of sulfonamides is 1. The van der Waals surface area contributed by atoms with Crippen molar-refractivity contribution in [1.82, 2.24) is 4.31 Å². The third-order valence-electron chi connectivity index (χ3n) is 4.93. The van der Waals surface area contributed by atoms with Crippen LogP contribution in [0.2, 0.25) is 0 Å². The van der Waals surface area contributed by atoms with E-state index in [2.05, 4.69) is 5.32 Å². The van der Waals surface area contributed by atoms with E-state index in [0.29, 0.717) is 18.8 Å². The van der Waals surface area contributed by atoms with Crippen LogP contribution in [0.15, 0.2) is 53.4 Å². The molecule has 1 saturated heterocycles. The van der Waals surface area contributed by atoms with E-state index in [1.807, 2.05) is 0 Å². The van der Waals surface area contributed by atoms with Crippen molar-refractivity contribution in [2.24, 2.45) is 0 Å². The van der Waals surface area contributed by atoms with Gasteiger partial charge in [0.15, 0.2) is 0 Å². The van der Waals surface area contributed by atoms with Crippen LogP contribution in [0.4, 0.5) is 11.4 Å². The fourth-order valence-corrected chi connectivity index (χ4v) is 4.88. The normalized spacial score (nSPS) is 15.0. The van der Waals surface area contributed by atoms with E-state index in [1.165, 1.54) is 53.9 Å². The molecule has 1 fully saturated rings. The number of carbonyl (C=O) groups is 1. The Bertz CT molecular complexity index is 1110. The smallest absolute Gasteiger partial charge is 0.276 e. The molecule has 10 heteroatoms. The Balaban J connectivity index is 1.83. The molecule has 0 saturated carbocycles. The zero-order valence-electron chi connectivity index (χ0n) is 17.0. The van der Waals surface area contributed by atoms with Gasteiger partial charge in [0.25, 0.3) is 5.69 Å². The monoisotopic (exact) mass is 445 g/mol. The average molecular weight is 445 g/mol. The van der Waals surface area contributed by atoms with E-state index < -0.39 is 20.9 Å². The van der Waals surface area contributed by atoms with Crippen LogP contribution in [0, 0.1) is 10.1 Å². The molecule has 1 N–H and O–H groups in total. The molecule has 0 atom stereocenters. The van der Waals surface area contributed by atoms with Crippen molar-refractivity contribution < 1.29 is 22.9 Å². The number of anilines is 1. The largest absolute Gasteiger partial charge is 0.495 e. The highest BCUT2D eigenvalue weighted by Crippen LogP contribution is 2.30. The fraction of sp³-hybridized carbons (Fsp3) is 0.286. The van der Waals surface area contributed by atoms with E-state index in [4.69, 9.17) is 4.74 Å². The van der Waals surface area contributed by atoms with E-state index in [1.54, 1.807) is 6.07 Å². The molecule has 0 spiro atoms. The predicted octanol–water partition coefficient (Wildman–Crippen LogP) is 3.43. The van der Waals surface area contributed by atoms with E-state index in [9.17, 15) is 23.3 Å². The van der Waals surface area contributed by atoms with Gasteiger partial charge >= 0.3 is 0 Å². The number of nitro groups is 1. The summed E-state index contributed by atoms with van der Waals surface area (Å²) in [6.45, 7) is 0.934. The number of carbonyl (C=O) groups excluding carboxylic acids is 1. The molecule has 164 valence electrons. The number of para-hydroxylation sites is 1. The van der Waals surface area contributed by atoms with Gasteiger partial charge in [-0.05, 0) is 43.2 Å². The van der Waals surface area contributed by atoms with E-state index in [-0.39, 0.29) is 21.8 Å². The van der Waals surface area contributed by atoms with Crippen molar-refractivity contribution in [3.05, 3.63) is 64.2 Å². The molecule has 0 unspecified atom stereocenters. The number of nitrogens with one attached hydrogen (secondary N) is 1. The van der Waals surface area contributed by atoms with Gasteiger partial charge in [-0.1, -0.05) is 18.6 Å². The van der Waals surface area contributed by atoms with Gasteiger partial charge in [-0.2, -0.15) is 4.31 Å². The molecule has 0 bridgehead atoms. The Kier molecular flexibility index (Phi) is 7.03. The fourth-order valence-electron chi connectivity index (χ4n) is 3.33. The molecule has 9 nitrogen and oxygen atoms in total. The molecule has 3 rings (SSSR count).